The number of nitrogens with one attached hydrogen (secondary N) is 2. The summed E-state index contributed by atoms with van der Waals surface area (Å²) in [5, 5.41) is 6.00. The number of hydrogen-bond donors (Lipinski definition) is 2. The summed E-state index contributed by atoms with van der Waals surface area (Å²) in [4.78, 5) is 44.1. The summed E-state index contributed by atoms with van der Waals surface area (Å²) in [5.41, 5.74) is 4.42. The molecule has 0 aromatic heterocycles. The Balaban J connectivity index is 2.10. The van der Waals surface area contributed by atoms with Crippen LogP contribution in [0, 0.1) is 20.8 Å². The molecule has 2 unspecified atom stereocenters. The van der Waals surface area contributed by atoms with Crippen LogP contribution in [0.5, 0.6) is 0 Å². The fraction of sp³-hybridized carbons (Fsp3) is 0.462. The van der Waals surface area contributed by atoms with E-state index in [-0.39, 0.29) is 18.2 Å². The average molecular weight is 628 g/mol. The van der Waals surface area contributed by atoms with Gasteiger partial charge in [0.2, 0.25) is 5.91 Å². The molecule has 0 heterocycles. The first-order valence-corrected chi connectivity index (χ1v) is 16.7. The summed E-state index contributed by atoms with van der Waals surface area (Å²) in [6, 6.07) is 21.3. The van der Waals surface area contributed by atoms with E-state index >= 15 is 0 Å². The minimum absolute atomic E-state index is 0.255. The van der Waals surface area contributed by atoms with Crippen molar-refractivity contribution in [3.8, 4) is 0 Å². The quantitative estimate of drug-likeness (QED) is 0.165. The van der Waals surface area contributed by atoms with Gasteiger partial charge in [0.05, 0.1) is 0 Å². The van der Waals surface area contributed by atoms with Crippen LogP contribution in [-0.2, 0) is 20.7 Å². The van der Waals surface area contributed by atoms with E-state index in [0.717, 1.165) is 59.9 Å². The van der Waals surface area contributed by atoms with Crippen LogP contribution in [0.1, 0.15) is 100 Å². The van der Waals surface area contributed by atoms with Crippen molar-refractivity contribution in [3.05, 3.63) is 101 Å². The van der Waals surface area contributed by atoms with Crippen molar-refractivity contribution in [2.24, 2.45) is 0 Å². The van der Waals surface area contributed by atoms with Gasteiger partial charge < -0.3 is 20.3 Å². The normalized spacial score (nSPS) is 12.6. The zero-order valence-corrected chi connectivity index (χ0v) is 28.8. The van der Waals surface area contributed by atoms with Crippen molar-refractivity contribution in [1.29, 1.82) is 0 Å². The van der Waals surface area contributed by atoms with E-state index in [1.165, 1.54) is 6.42 Å². The first-order chi connectivity index (χ1) is 21.9. The molecule has 0 bridgehead atoms. The highest BCUT2D eigenvalue weighted by molar-refractivity contribution is 5.99. The Kier molecular flexibility index (Phi) is 13.9. The Morgan fingerprint density at radius 1 is 0.761 bits per heavy atom. The predicted octanol–water partition coefficient (Wildman–Crippen LogP) is 8.62. The lowest BCUT2D eigenvalue weighted by atomic mass is 9.92. The number of anilines is 1. The number of rotatable bonds is 15. The van der Waals surface area contributed by atoms with E-state index in [1.807, 2.05) is 93.6 Å². The summed E-state index contributed by atoms with van der Waals surface area (Å²) in [6.07, 6.45) is 5.77. The van der Waals surface area contributed by atoms with Crippen LogP contribution >= 0.6 is 0 Å². The number of carbonyl (C=O) groups is 3. The fourth-order valence-corrected chi connectivity index (χ4v) is 5.73. The molecular formula is C39H53N3O4. The van der Waals surface area contributed by atoms with Crippen LogP contribution in [0.3, 0.4) is 0 Å². The Labute approximate surface area is 276 Å². The third-order valence-corrected chi connectivity index (χ3v) is 8.09. The van der Waals surface area contributed by atoms with Gasteiger partial charge in [-0.2, -0.15) is 0 Å². The summed E-state index contributed by atoms with van der Waals surface area (Å²) >= 11 is 0. The number of para-hydroxylation sites is 1. The van der Waals surface area contributed by atoms with Gasteiger partial charge in [0, 0.05) is 18.7 Å². The standard InChI is InChI=1S/C39H53N3O4/c1-8-9-10-11-12-18-26-42(37(44)33(27-31-23-14-13-15-24-31)41-38(45)46-39(5,6)7)35(34-29(3)21-19-22-30(34)4)36(43)40-32-25-17-16-20-28(32)2/h13-17,19-25,33,35H,8-12,18,26-27H2,1-7H3,(H,40,43)(H,41,45). The van der Waals surface area contributed by atoms with Crippen LogP contribution in [0.2, 0.25) is 0 Å². The van der Waals surface area contributed by atoms with Crippen molar-refractivity contribution in [2.75, 3.05) is 11.9 Å². The minimum Gasteiger partial charge on any atom is -0.444 e. The second-order valence-electron chi connectivity index (χ2n) is 13.2. The van der Waals surface area contributed by atoms with Crippen LogP contribution in [-0.4, -0.2) is 41.0 Å². The second-order valence-corrected chi connectivity index (χ2v) is 13.2. The molecule has 3 aromatic rings. The molecule has 0 saturated carbocycles. The van der Waals surface area contributed by atoms with Gasteiger partial charge in [0.25, 0.3) is 5.91 Å². The molecule has 0 aliphatic heterocycles. The number of benzene rings is 3. The first-order valence-electron chi connectivity index (χ1n) is 16.7. The van der Waals surface area contributed by atoms with E-state index in [0.29, 0.717) is 12.2 Å². The molecule has 0 radical (unpaired) electrons. The van der Waals surface area contributed by atoms with Crippen molar-refractivity contribution in [2.45, 2.75) is 111 Å². The molecular weight excluding hydrogens is 574 g/mol. The molecule has 3 rings (SSSR count). The molecule has 46 heavy (non-hydrogen) atoms. The monoisotopic (exact) mass is 627 g/mol. The first kappa shape index (κ1) is 36.3. The zero-order chi connectivity index (χ0) is 33.7. The summed E-state index contributed by atoms with van der Waals surface area (Å²) in [6.45, 7) is 13.8. The highest BCUT2D eigenvalue weighted by Crippen LogP contribution is 2.31. The molecule has 0 spiro atoms. The highest BCUT2D eigenvalue weighted by Gasteiger charge is 2.37. The SMILES string of the molecule is CCCCCCCCN(C(=O)C(Cc1ccccc1)NC(=O)OC(C)(C)C)C(C(=O)Nc1ccccc1C)c1c(C)cccc1C. The molecule has 0 aliphatic carbocycles. The highest BCUT2D eigenvalue weighted by atomic mass is 16.6. The number of hydrogen-bond acceptors (Lipinski definition) is 4. The molecule has 7 heteroatoms. The summed E-state index contributed by atoms with van der Waals surface area (Å²) < 4.78 is 5.59. The maximum atomic E-state index is 14.9. The average Bonchev–Trinajstić information content (AvgIpc) is 2.99. The molecule has 2 atom stereocenters. The molecule has 0 saturated heterocycles. The van der Waals surface area contributed by atoms with E-state index in [4.69, 9.17) is 4.74 Å². The zero-order valence-electron chi connectivity index (χ0n) is 28.8. The number of unbranched alkanes of at least 4 members (excludes halogenated alkanes) is 5. The number of alkyl carbamates (subject to hydrolysis) is 1. The van der Waals surface area contributed by atoms with Crippen molar-refractivity contribution < 1.29 is 19.1 Å². The number of ether oxygens (including phenoxy) is 1. The number of amides is 3. The van der Waals surface area contributed by atoms with Crippen LogP contribution in [0.15, 0.2) is 72.8 Å². The molecule has 2 N–H and O–H groups in total. The van der Waals surface area contributed by atoms with Crippen LogP contribution in [0.25, 0.3) is 0 Å². The van der Waals surface area contributed by atoms with Gasteiger partial charge in [-0.05, 0) is 81.8 Å². The lowest BCUT2D eigenvalue weighted by Gasteiger charge is -2.36. The molecule has 248 valence electrons. The van der Waals surface area contributed by atoms with E-state index in [9.17, 15) is 14.4 Å². The lowest BCUT2D eigenvalue weighted by Crippen LogP contribution is -2.53. The van der Waals surface area contributed by atoms with Crippen molar-refractivity contribution >= 4 is 23.6 Å². The fourth-order valence-electron chi connectivity index (χ4n) is 5.73. The molecule has 0 aliphatic rings. The van der Waals surface area contributed by atoms with Gasteiger partial charge in [0.1, 0.15) is 17.7 Å². The molecule has 7 nitrogen and oxygen atoms in total. The largest absolute Gasteiger partial charge is 0.444 e. The molecule has 3 amide bonds. The smallest absolute Gasteiger partial charge is 0.408 e. The summed E-state index contributed by atoms with van der Waals surface area (Å²) in [7, 11) is 0. The van der Waals surface area contributed by atoms with Crippen LogP contribution in [0.4, 0.5) is 10.5 Å². The Bertz CT molecular complexity index is 1410. The van der Waals surface area contributed by atoms with E-state index < -0.39 is 23.8 Å². The van der Waals surface area contributed by atoms with E-state index in [1.54, 1.807) is 25.7 Å². The van der Waals surface area contributed by atoms with Crippen molar-refractivity contribution in [1.82, 2.24) is 10.2 Å². The maximum Gasteiger partial charge on any atom is 0.408 e. The Hall–Kier alpha value is -4.13. The van der Waals surface area contributed by atoms with Gasteiger partial charge in [0.15, 0.2) is 0 Å². The number of nitrogens with zero attached hydrogens (tertiary/aromatic N) is 1. The van der Waals surface area contributed by atoms with Crippen LogP contribution < -0.4 is 10.6 Å². The third kappa shape index (κ3) is 11.0. The molecule has 3 aromatic carbocycles. The van der Waals surface area contributed by atoms with Gasteiger partial charge >= 0.3 is 6.09 Å². The van der Waals surface area contributed by atoms with Gasteiger partial charge in [-0.1, -0.05) is 106 Å². The third-order valence-electron chi connectivity index (χ3n) is 8.09. The topological polar surface area (TPSA) is 87.7 Å². The second kappa shape index (κ2) is 17.5. The predicted molar refractivity (Wildman–Crippen MR) is 187 cm³/mol. The van der Waals surface area contributed by atoms with Crippen molar-refractivity contribution in [3.63, 3.8) is 0 Å². The lowest BCUT2D eigenvalue weighted by molar-refractivity contribution is -0.141. The number of carbonyl (C=O) groups excluding carboxylic acids is 3. The Morgan fingerprint density at radius 3 is 1.98 bits per heavy atom. The minimum atomic E-state index is -0.949. The maximum absolute atomic E-state index is 14.9. The summed E-state index contributed by atoms with van der Waals surface area (Å²) in [5.74, 6) is -0.613. The Morgan fingerprint density at radius 2 is 1.35 bits per heavy atom. The van der Waals surface area contributed by atoms with Gasteiger partial charge in [-0.15, -0.1) is 0 Å². The molecule has 0 fully saturated rings. The van der Waals surface area contributed by atoms with Gasteiger partial charge in [-0.25, -0.2) is 4.79 Å². The van der Waals surface area contributed by atoms with E-state index in [2.05, 4.69) is 17.6 Å². The van der Waals surface area contributed by atoms with Gasteiger partial charge in [-0.3, -0.25) is 9.59 Å². The number of aryl methyl sites for hydroxylation is 3.